The zero-order chi connectivity index (χ0) is 13.5. The minimum absolute atomic E-state index is 0.150. The van der Waals surface area contributed by atoms with Gasteiger partial charge in [0.05, 0.1) is 6.42 Å². The van der Waals surface area contributed by atoms with E-state index < -0.39 is 5.97 Å². The van der Waals surface area contributed by atoms with Crippen LogP contribution in [-0.4, -0.2) is 11.1 Å². The number of aliphatic carboxylic acids is 1. The minimum Gasteiger partial charge on any atom is -0.481 e. The number of allylic oxidation sites excluding steroid dienone is 3. The average Bonchev–Trinajstić information content (AvgIpc) is 2.34. The molecule has 0 aromatic carbocycles. The Labute approximate surface area is 112 Å². The van der Waals surface area contributed by atoms with E-state index in [4.69, 9.17) is 5.11 Å². The first-order valence-corrected chi connectivity index (χ1v) is 7.29. The van der Waals surface area contributed by atoms with Crippen molar-refractivity contribution in [3.05, 3.63) is 24.3 Å². The summed E-state index contributed by atoms with van der Waals surface area (Å²) in [6.07, 6.45) is 19.5. The van der Waals surface area contributed by atoms with Gasteiger partial charge in [0.2, 0.25) is 0 Å². The molecule has 0 atom stereocenters. The molecule has 0 aliphatic rings. The number of unbranched alkanes of at least 4 members (excludes halogenated alkanes) is 7. The van der Waals surface area contributed by atoms with Gasteiger partial charge in [0, 0.05) is 0 Å². The highest BCUT2D eigenvalue weighted by atomic mass is 16.4. The van der Waals surface area contributed by atoms with Crippen LogP contribution in [0.3, 0.4) is 0 Å². The van der Waals surface area contributed by atoms with Gasteiger partial charge in [-0.1, -0.05) is 50.5 Å². The molecule has 0 saturated heterocycles. The van der Waals surface area contributed by atoms with Gasteiger partial charge in [-0.3, -0.25) is 4.79 Å². The summed E-state index contributed by atoms with van der Waals surface area (Å²) < 4.78 is 0. The molecule has 0 aromatic rings. The lowest BCUT2D eigenvalue weighted by Gasteiger charge is -1.95. The molecule has 0 aliphatic heterocycles. The molecule has 0 fully saturated rings. The predicted octanol–water partition coefficient (Wildman–Crippen LogP) is 5.10. The quantitative estimate of drug-likeness (QED) is 0.387. The van der Waals surface area contributed by atoms with E-state index in [1.54, 1.807) is 6.08 Å². The van der Waals surface area contributed by atoms with Crippen LogP contribution in [0.2, 0.25) is 0 Å². The number of carboxylic acids is 1. The third-order valence-electron chi connectivity index (χ3n) is 2.84. The lowest BCUT2D eigenvalue weighted by atomic mass is 10.1. The lowest BCUT2D eigenvalue weighted by Crippen LogP contribution is -1.89. The molecule has 0 aromatic heterocycles. The standard InChI is InChI=1S/C16H28O2/c1-2-3-4-5-6-7-8-9-10-11-12-13-14-15-16(17)18/h7-8,13-14H,2-6,9-12,15H2,1H3,(H,17,18). The smallest absolute Gasteiger partial charge is 0.307 e. The van der Waals surface area contributed by atoms with Crippen LogP contribution in [0.5, 0.6) is 0 Å². The largest absolute Gasteiger partial charge is 0.481 e. The molecule has 0 unspecified atom stereocenters. The van der Waals surface area contributed by atoms with Crippen molar-refractivity contribution in [2.45, 2.75) is 71.1 Å². The Balaban J connectivity index is 3.17. The van der Waals surface area contributed by atoms with Crippen molar-refractivity contribution in [2.24, 2.45) is 0 Å². The molecule has 18 heavy (non-hydrogen) atoms. The highest BCUT2D eigenvalue weighted by molar-refractivity contribution is 5.68. The van der Waals surface area contributed by atoms with Crippen molar-refractivity contribution in [3.63, 3.8) is 0 Å². The molecule has 0 spiro atoms. The Morgan fingerprint density at radius 3 is 1.83 bits per heavy atom. The number of hydrogen-bond acceptors (Lipinski definition) is 1. The Kier molecular flexibility index (Phi) is 13.2. The fraction of sp³-hybridized carbons (Fsp3) is 0.688. The zero-order valence-electron chi connectivity index (χ0n) is 11.7. The van der Waals surface area contributed by atoms with Gasteiger partial charge < -0.3 is 5.11 Å². The van der Waals surface area contributed by atoms with Crippen molar-refractivity contribution in [2.75, 3.05) is 0 Å². The van der Waals surface area contributed by atoms with Gasteiger partial charge in [-0.25, -0.2) is 0 Å². The van der Waals surface area contributed by atoms with Gasteiger partial charge in [0.15, 0.2) is 0 Å². The first kappa shape index (κ1) is 16.9. The van der Waals surface area contributed by atoms with Crippen molar-refractivity contribution in [1.29, 1.82) is 0 Å². The Hall–Kier alpha value is -1.05. The number of carbonyl (C=O) groups is 1. The first-order valence-electron chi connectivity index (χ1n) is 7.29. The molecule has 0 bridgehead atoms. The van der Waals surface area contributed by atoms with Crippen LogP contribution in [-0.2, 0) is 4.79 Å². The van der Waals surface area contributed by atoms with Gasteiger partial charge in [-0.15, -0.1) is 0 Å². The maximum Gasteiger partial charge on any atom is 0.307 e. The van der Waals surface area contributed by atoms with Crippen LogP contribution in [0.25, 0.3) is 0 Å². The monoisotopic (exact) mass is 252 g/mol. The van der Waals surface area contributed by atoms with Crippen LogP contribution in [0.4, 0.5) is 0 Å². The number of rotatable bonds is 12. The second kappa shape index (κ2) is 14.0. The summed E-state index contributed by atoms with van der Waals surface area (Å²) in [6, 6.07) is 0. The predicted molar refractivity (Wildman–Crippen MR) is 77.8 cm³/mol. The second-order valence-corrected chi connectivity index (χ2v) is 4.67. The molecule has 2 nitrogen and oxygen atoms in total. The topological polar surface area (TPSA) is 37.3 Å². The summed E-state index contributed by atoms with van der Waals surface area (Å²) in [7, 11) is 0. The summed E-state index contributed by atoms with van der Waals surface area (Å²) >= 11 is 0. The summed E-state index contributed by atoms with van der Waals surface area (Å²) in [4.78, 5) is 10.2. The summed E-state index contributed by atoms with van der Waals surface area (Å²) in [5, 5.41) is 8.43. The average molecular weight is 252 g/mol. The number of hydrogen-bond donors (Lipinski definition) is 1. The maximum atomic E-state index is 10.2. The molecule has 0 aliphatic carbocycles. The molecule has 104 valence electrons. The number of carboxylic acid groups (broad SMARTS) is 1. The molecule has 0 rings (SSSR count). The lowest BCUT2D eigenvalue weighted by molar-refractivity contribution is -0.136. The van der Waals surface area contributed by atoms with Crippen LogP contribution >= 0.6 is 0 Å². The summed E-state index contributed by atoms with van der Waals surface area (Å²) in [5.41, 5.74) is 0. The highest BCUT2D eigenvalue weighted by Crippen LogP contribution is 2.05. The fourth-order valence-electron chi connectivity index (χ4n) is 1.75. The molecular weight excluding hydrogens is 224 g/mol. The molecule has 2 heteroatoms. The molecule has 0 radical (unpaired) electrons. The van der Waals surface area contributed by atoms with Crippen LogP contribution in [0, 0.1) is 0 Å². The van der Waals surface area contributed by atoms with Gasteiger partial charge in [0.1, 0.15) is 0 Å². The van der Waals surface area contributed by atoms with Crippen LogP contribution in [0.1, 0.15) is 71.1 Å². The van der Waals surface area contributed by atoms with Crippen LogP contribution < -0.4 is 0 Å². The normalized spacial score (nSPS) is 11.6. The van der Waals surface area contributed by atoms with E-state index in [0.717, 1.165) is 19.3 Å². The third-order valence-corrected chi connectivity index (χ3v) is 2.84. The van der Waals surface area contributed by atoms with E-state index in [9.17, 15) is 4.79 Å². The van der Waals surface area contributed by atoms with Crippen molar-refractivity contribution >= 4 is 5.97 Å². The first-order chi connectivity index (χ1) is 8.77. The zero-order valence-corrected chi connectivity index (χ0v) is 11.7. The highest BCUT2D eigenvalue weighted by Gasteiger charge is 1.89. The molecule has 0 heterocycles. The molecule has 1 N–H and O–H groups in total. The molecule has 0 saturated carbocycles. The van der Waals surface area contributed by atoms with E-state index in [1.807, 2.05) is 6.08 Å². The molecular formula is C16H28O2. The van der Waals surface area contributed by atoms with Crippen molar-refractivity contribution < 1.29 is 9.90 Å². The summed E-state index contributed by atoms with van der Waals surface area (Å²) in [5.74, 6) is -0.753. The van der Waals surface area contributed by atoms with E-state index in [-0.39, 0.29) is 6.42 Å². The minimum atomic E-state index is -0.753. The third kappa shape index (κ3) is 14.9. The molecule has 0 amide bonds. The second-order valence-electron chi connectivity index (χ2n) is 4.67. The van der Waals surface area contributed by atoms with E-state index in [2.05, 4.69) is 19.1 Å². The van der Waals surface area contributed by atoms with Gasteiger partial charge in [0.25, 0.3) is 0 Å². The Morgan fingerprint density at radius 1 is 0.833 bits per heavy atom. The Bertz CT molecular complexity index is 241. The van der Waals surface area contributed by atoms with Crippen LogP contribution in [0.15, 0.2) is 24.3 Å². The Morgan fingerprint density at radius 2 is 1.33 bits per heavy atom. The van der Waals surface area contributed by atoms with Gasteiger partial charge >= 0.3 is 5.97 Å². The van der Waals surface area contributed by atoms with E-state index in [1.165, 1.54) is 38.5 Å². The SMILES string of the molecule is CCCCCCC=CCCCCC=CCC(=O)O. The summed E-state index contributed by atoms with van der Waals surface area (Å²) in [6.45, 7) is 2.24. The fourth-order valence-corrected chi connectivity index (χ4v) is 1.75. The van der Waals surface area contributed by atoms with Crippen molar-refractivity contribution in [1.82, 2.24) is 0 Å². The van der Waals surface area contributed by atoms with E-state index in [0.29, 0.717) is 0 Å². The maximum absolute atomic E-state index is 10.2. The van der Waals surface area contributed by atoms with Gasteiger partial charge in [-0.05, 0) is 38.5 Å². The van der Waals surface area contributed by atoms with Gasteiger partial charge in [-0.2, -0.15) is 0 Å². The van der Waals surface area contributed by atoms with E-state index >= 15 is 0 Å². The van der Waals surface area contributed by atoms with Crippen molar-refractivity contribution in [3.8, 4) is 0 Å².